The molecule has 5 aromatic rings. The second-order valence-electron chi connectivity index (χ2n) is 14.5. The molecule has 0 aromatic heterocycles. The van der Waals surface area contributed by atoms with Crippen LogP contribution in [0.25, 0.3) is 10.4 Å². The molecule has 3 aliphatic rings. The van der Waals surface area contributed by atoms with Crippen molar-refractivity contribution in [2.45, 2.75) is 91.5 Å². The van der Waals surface area contributed by atoms with Crippen molar-refractivity contribution in [1.29, 1.82) is 0 Å². The summed E-state index contributed by atoms with van der Waals surface area (Å²) in [5, 5.41) is 16.5. The predicted octanol–water partition coefficient (Wildman–Crippen LogP) is 8.16. The van der Waals surface area contributed by atoms with Crippen LogP contribution < -0.4 is 0 Å². The molecule has 3 fully saturated rings. The van der Waals surface area contributed by atoms with E-state index in [-0.39, 0.29) is 26.4 Å². The van der Waals surface area contributed by atoms with Crippen LogP contribution >= 0.6 is 11.8 Å². The zero-order chi connectivity index (χ0) is 40.2. The second kappa shape index (κ2) is 20.6. The van der Waals surface area contributed by atoms with Crippen LogP contribution in [0.15, 0.2) is 162 Å². The molecule has 3 heterocycles. The molecule has 0 aliphatic carbocycles. The first kappa shape index (κ1) is 41.1. The predicted molar refractivity (Wildman–Crippen MR) is 220 cm³/mol. The summed E-state index contributed by atoms with van der Waals surface area (Å²) in [6.45, 7) is 0.904. The van der Waals surface area contributed by atoms with E-state index in [1.54, 1.807) is 0 Å². The summed E-state index contributed by atoms with van der Waals surface area (Å²) in [4.78, 5) is 4.20. The smallest absolute Gasteiger partial charge is 0.187 e. The number of benzene rings is 5. The largest absolute Gasteiger partial charge is 0.387 e. The Balaban J connectivity index is 1.12. The first-order chi connectivity index (χ1) is 29.1. The van der Waals surface area contributed by atoms with Crippen LogP contribution in [0, 0.1) is 0 Å². The van der Waals surface area contributed by atoms with Crippen molar-refractivity contribution >= 4 is 11.8 Å². The number of aliphatic hydroxyl groups is 1. The summed E-state index contributed by atoms with van der Waals surface area (Å²) in [6, 6.07) is 47.8. The molecule has 0 radical (unpaired) electrons. The minimum atomic E-state index is -1.19. The Kier molecular flexibility index (Phi) is 14.4. The summed E-state index contributed by atoms with van der Waals surface area (Å²) >= 11 is 1.43. The van der Waals surface area contributed by atoms with Crippen molar-refractivity contribution < 1.29 is 43.0 Å². The number of ether oxygens (including phenoxy) is 8. The van der Waals surface area contributed by atoms with Crippen LogP contribution in [0.1, 0.15) is 28.5 Å². The van der Waals surface area contributed by atoms with Gasteiger partial charge in [0, 0.05) is 15.4 Å². The van der Waals surface area contributed by atoms with Crippen molar-refractivity contribution in [2.75, 3.05) is 13.2 Å². The molecule has 306 valence electrons. The Bertz CT molecular complexity index is 2050. The van der Waals surface area contributed by atoms with Crippen LogP contribution in [-0.4, -0.2) is 78.8 Å². The van der Waals surface area contributed by atoms with Crippen molar-refractivity contribution in [2.24, 2.45) is 5.11 Å². The maximum Gasteiger partial charge on any atom is 0.187 e. The first-order valence-electron chi connectivity index (χ1n) is 19.8. The third kappa shape index (κ3) is 10.6. The van der Waals surface area contributed by atoms with Gasteiger partial charge >= 0.3 is 0 Å². The molecule has 59 heavy (non-hydrogen) atoms. The van der Waals surface area contributed by atoms with Gasteiger partial charge in [-0.2, -0.15) is 0 Å². The third-order valence-corrected chi connectivity index (χ3v) is 11.6. The van der Waals surface area contributed by atoms with Gasteiger partial charge in [0.25, 0.3) is 0 Å². The standard InChI is InChI=1S/C46H47N3O9S/c47-49-48-38-42(52-27-32-18-8-2-9-19-32)41(36(29-51-26-31-16-6-1-7-17-31)56-46(38)59-35-24-14-5-15-25-35)58-45-43(53-28-33-20-10-3-11-21-33)39(50)40-37(55-45)30-54-44(57-40)34-22-12-4-13-23-34/h1-25,36-46,50H,26-30H2/t36-,37-,38-,39+,40-,41-,42-,43+,44-,45+,46+/m1/s1. The highest BCUT2D eigenvalue weighted by molar-refractivity contribution is 7.99. The molecule has 3 aliphatic heterocycles. The van der Waals surface area contributed by atoms with E-state index in [1.165, 1.54) is 11.8 Å². The maximum atomic E-state index is 12.2. The Labute approximate surface area is 347 Å². The third-order valence-electron chi connectivity index (χ3n) is 10.4. The van der Waals surface area contributed by atoms with E-state index in [0.717, 1.165) is 27.1 Å². The Morgan fingerprint density at radius 1 is 0.661 bits per heavy atom. The van der Waals surface area contributed by atoms with Gasteiger partial charge < -0.3 is 43.0 Å². The summed E-state index contributed by atoms with van der Waals surface area (Å²) in [5.41, 5.74) is 13.0. The minimum Gasteiger partial charge on any atom is -0.387 e. The summed E-state index contributed by atoms with van der Waals surface area (Å²) < 4.78 is 52.7. The van der Waals surface area contributed by atoms with Crippen LogP contribution in [-0.2, 0) is 57.7 Å². The minimum absolute atomic E-state index is 0.0987. The fourth-order valence-electron chi connectivity index (χ4n) is 7.48. The van der Waals surface area contributed by atoms with Crippen LogP contribution in [0.3, 0.4) is 0 Å². The number of hydrogen-bond acceptors (Lipinski definition) is 11. The average molecular weight is 818 g/mol. The van der Waals surface area contributed by atoms with Crippen molar-refractivity contribution in [3.63, 3.8) is 0 Å². The van der Waals surface area contributed by atoms with Crippen molar-refractivity contribution in [1.82, 2.24) is 0 Å². The van der Waals surface area contributed by atoms with Crippen molar-refractivity contribution in [3.8, 4) is 0 Å². The van der Waals surface area contributed by atoms with Crippen LogP contribution in [0.5, 0.6) is 0 Å². The number of thioether (sulfide) groups is 1. The second-order valence-corrected chi connectivity index (χ2v) is 15.7. The molecule has 5 aromatic carbocycles. The molecule has 0 amide bonds. The molecular weight excluding hydrogens is 771 g/mol. The zero-order valence-corrected chi connectivity index (χ0v) is 33.1. The number of azide groups is 1. The lowest BCUT2D eigenvalue weighted by Gasteiger charge is -2.50. The SMILES string of the molecule is [N-]=[N+]=N[C@@H]1[C@@H](OCc2ccccc2)[C@H](O[C@@H]2O[C@@H]3CO[C@@H](c4ccccc4)O[C@H]3[C@H](O)[C@@H]2OCc2ccccc2)[C@@H](COCc2ccccc2)O[C@H]1Sc1ccccc1. The highest BCUT2D eigenvalue weighted by Gasteiger charge is 2.54. The molecule has 12 nitrogen and oxygen atoms in total. The fraction of sp³-hybridized carbons (Fsp3) is 0.348. The maximum absolute atomic E-state index is 12.2. The van der Waals surface area contributed by atoms with E-state index in [2.05, 4.69) is 10.0 Å². The lowest BCUT2D eigenvalue weighted by Crippen LogP contribution is -2.66. The van der Waals surface area contributed by atoms with E-state index in [4.69, 9.17) is 37.9 Å². The Morgan fingerprint density at radius 3 is 1.83 bits per heavy atom. The van der Waals surface area contributed by atoms with E-state index in [9.17, 15) is 10.6 Å². The van der Waals surface area contributed by atoms with Crippen LogP contribution in [0.4, 0.5) is 0 Å². The van der Waals surface area contributed by atoms with E-state index in [0.29, 0.717) is 6.61 Å². The molecule has 0 bridgehead atoms. The summed E-state index contributed by atoms with van der Waals surface area (Å²) in [7, 11) is 0. The van der Waals surface area contributed by atoms with E-state index >= 15 is 0 Å². The van der Waals surface area contributed by atoms with Crippen molar-refractivity contribution in [3.05, 3.63) is 184 Å². The monoisotopic (exact) mass is 817 g/mol. The quantitative estimate of drug-likeness (QED) is 0.0589. The number of rotatable bonds is 16. The highest BCUT2D eigenvalue weighted by atomic mass is 32.2. The first-order valence-corrected chi connectivity index (χ1v) is 20.7. The number of hydrogen-bond donors (Lipinski definition) is 1. The summed E-state index contributed by atoms with van der Waals surface area (Å²) in [6.07, 6.45) is -8.13. The van der Waals surface area contributed by atoms with Gasteiger partial charge in [-0.25, -0.2) is 0 Å². The van der Waals surface area contributed by atoms with Gasteiger partial charge in [-0.3, -0.25) is 0 Å². The molecule has 13 heteroatoms. The Hall–Kier alpha value is -4.60. The Morgan fingerprint density at radius 2 is 1.22 bits per heavy atom. The molecular formula is C46H47N3O9S. The van der Waals surface area contributed by atoms with E-state index in [1.807, 2.05) is 152 Å². The summed E-state index contributed by atoms with van der Waals surface area (Å²) in [5.74, 6) is 0. The van der Waals surface area contributed by atoms with Gasteiger partial charge in [0.15, 0.2) is 12.6 Å². The number of aliphatic hydroxyl groups excluding tert-OH is 1. The molecule has 1 N–H and O–H groups in total. The lowest BCUT2D eigenvalue weighted by atomic mass is 9.95. The molecule has 3 saturated heterocycles. The average Bonchev–Trinajstić information content (AvgIpc) is 3.29. The van der Waals surface area contributed by atoms with Gasteiger partial charge in [0.1, 0.15) is 48.1 Å². The zero-order valence-electron chi connectivity index (χ0n) is 32.3. The lowest BCUT2D eigenvalue weighted by molar-refractivity contribution is -0.381. The van der Waals surface area contributed by atoms with Gasteiger partial charge in [-0.1, -0.05) is 156 Å². The normalized spacial score (nSPS) is 29.2. The highest BCUT2D eigenvalue weighted by Crippen LogP contribution is 2.41. The van der Waals surface area contributed by atoms with Crippen LogP contribution in [0.2, 0.25) is 0 Å². The van der Waals surface area contributed by atoms with E-state index < -0.39 is 66.8 Å². The molecule has 8 rings (SSSR count). The molecule has 0 spiro atoms. The number of fused-ring (bicyclic) bond motifs is 1. The molecule has 0 unspecified atom stereocenters. The van der Waals surface area contributed by atoms with Gasteiger partial charge in [-0.15, -0.1) is 0 Å². The number of nitrogens with zero attached hydrogens (tertiary/aromatic N) is 3. The van der Waals surface area contributed by atoms with Gasteiger partial charge in [-0.05, 0) is 34.4 Å². The topological polar surface area (TPSA) is 143 Å². The molecule has 0 saturated carbocycles. The fourth-order valence-corrected chi connectivity index (χ4v) is 8.61. The van der Waals surface area contributed by atoms with Gasteiger partial charge in [0.2, 0.25) is 0 Å². The van der Waals surface area contributed by atoms with Gasteiger partial charge in [0.05, 0.1) is 39.1 Å². The molecule has 11 atom stereocenters.